The standard InChI is InChI=1S/C18H30N2O/c1-2-9-19-13-16-12-17(21-15-16)14-20-10-7-18(8-11-20)5-3-4-6-18/h12,15,19H,2-11,13-14H2,1H3. The molecule has 1 spiro atoms. The highest BCUT2D eigenvalue weighted by molar-refractivity contribution is 5.12. The Bertz CT molecular complexity index is 424. The van der Waals surface area contributed by atoms with Crippen molar-refractivity contribution in [3.05, 3.63) is 23.7 Å². The molecule has 0 unspecified atom stereocenters. The minimum absolute atomic E-state index is 0.717. The van der Waals surface area contributed by atoms with Crippen LogP contribution in [-0.2, 0) is 13.1 Å². The summed E-state index contributed by atoms with van der Waals surface area (Å²) < 4.78 is 5.73. The minimum atomic E-state index is 0.717. The van der Waals surface area contributed by atoms with Gasteiger partial charge in [0.25, 0.3) is 0 Å². The van der Waals surface area contributed by atoms with Crippen LogP contribution in [0, 0.1) is 5.41 Å². The Morgan fingerprint density at radius 1 is 1.19 bits per heavy atom. The molecule has 1 aliphatic heterocycles. The monoisotopic (exact) mass is 290 g/mol. The van der Waals surface area contributed by atoms with E-state index in [0.717, 1.165) is 30.8 Å². The molecule has 0 aromatic carbocycles. The quantitative estimate of drug-likeness (QED) is 0.805. The Balaban J connectivity index is 1.44. The SMILES string of the molecule is CCCNCc1coc(CN2CCC3(CCCC3)CC2)c1. The van der Waals surface area contributed by atoms with Crippen LogP contribution < -0.4 is 5.32 Å². The van der Waals surface area contributed by atoms with Crippen LogP contribution in [0.2, 0.25) is 0 Å². The molecule has 0 radical (unpaired) electrons. The first-order chi connectivity index (χ1) is 10.3. The van der Waals surface area contributed by atoms with Gasteiger partial charge in [0.15, 0.2) is 0 Å². The van der Waals surface area contributed by atoms with Gasteiger partial charge in [0.1, 0.15) is 5.76 Å². The number of hydrogen-bond donors (Lipinski definition) is 1. The van der Waals surface area contributed by atoms with E-state index in [1.807, 2.05) is 6.26 Å². The van der Waals surface area contributed by atoms with E-state index < -0.39 is 0 Å². The predicted molar refractivity (Wildman–Crippen MR) is 86.1 cm³/mol. The van der Waals surface area contributed by atoms with Crippen LogP contribution in [-0.4, -0.2) is 24.5 Å². The van der Waals surface area contributed by atoms with E-state index in [9.17, 15) is 0 Å². The van der Waals surface area contributed by atoms with Crippen molar-refractivity contribution in [2.75, 3.05) is 19.6 Å². The van der Waals surface area contributed by atoms with Crippen molar-refractivity contribution in [3.8, 4) is 0 Å². The maximum atomic E-state index is 5.73. The average molecular weight is 290 g/mol. The Morgan fingerprint density at radius 2 is 1.95 bits per heavy atom. The number of likely N-dealkylation sites (tertiary alicyclic amines) is 1. The largest absolute Gasteiger partial charge is 0.468 e. The molecule has 2 aliphatic rings. The van der Waals surface area contributed by atoms with Crippen molar-refractivity contribution < 1.29 is 4.42 Å². The Morgan fingerprint density at radius 3 is 2.67 bits per heavy atom. The lowest BCUT2D eigenvalue weighted by Gasteiger charge is -2.39. The summed E-state index contributed by atoms with van der Waals surface area (Å²) in [6.07, 6.45) is 11.8. The normalized spacial score (nSPS) is 22.1. The van der Waals surface area contributed by atoms with Crippen LogP contribution >= 0.6 is 0 Å². The van der Waals surface area contributed by atoms with Crippen LogP contribution in [0.3, 0.4) is 0 Å². The van der Waals surface area contributed by atoms with Gasteiger partial charge in [0.05, 0.1) is 12.8 Å². The fraction of sp³-hybridized carbons (Fsp3) is 0.778. The topological polar surface area (TPSA) is 28.4 Å². The van der Waals surface area contributed by atoms with Crippen LogP contribution in [0.15, 0.2) is 16.7 Å². The van der Waals surface area contributed by atoms with Gasteiger partial charge in [-0.1, -0.05) is 19.8 Å². The lowest BCUT2D eigenvalue weighted by Crippen LogP contribution is -2.38. The van der Waals surface area contributed by atoms with Gasteiger partial charge < -0.3 is 9.73 Å². The third-order valence-electron chi connectivity index (χ3n) is 5.42. The zero-order chi connectivity index (χ0) is 14.5. The van der Waals surface area contributed by atoms with E-state index in [4.69, 9.17) is 4.42 Å². The first-order valence-electron chi connectivity index (χ1n) is 8.79. The third kappa shape index (κ3) is 3.89. The molecule has 1 aromatic rings. The third-order valence-corrected chi connectivity index (χ3v) is 5.42. The summed E-state index contributed by atoms with van der Waals surface area (Å²) in [6, 6.07) is 2.22. The fourth-order valence-corrected chi connectivity index (χ4v) is 4.04. The molecule has 1 saturated carbocycles. The van der Waals surface area contributed by atoms with Crippen LogP contribution in [0.25, 0.3) is 0 Å². The Kier molecular flexibility index (Phi) is 5.02. The number of rotatable bonds is 6. The summed E-state index contributed by atoms with van der Waals surface area (Å²) in [5.74, 6) is 1.13. The van der Waals surface area contributed by atoms with Gasteiger partial charge in [-0.3, -0.25) is 4.90 Å². The second kappa shape index (κ2) is 6.97. The summed E-state index contributed by atoms with van der Waals surface area (Å²) in [5.41, 5.74) is 2.00. The van der Waals surface area contributed by atoms with E-state index in [1.165, 1.54) is 63.6 Å². The number of furan rings is 1. The molecule has 3 heteroatoms. The van der Waals surface area contributed by atoms with Gasteiger partial charge in [-0.2, -0.15) is 0 Å². The summed E-state index contributed by atoms with van der Waals surface area (Å²) in [4.78, 5) is 2.58. The van der Waals surface area contributed by atoms with Crippen molar-refractivity contribution in [2.45, 2.75) is 65.0 Å². The second-order valence-electron chi connectivity index (χ2n) is 7.08. The lowest BCUT2D eigenvalue weighted by molar-refractivity contribution is 0.0982. The van der Waals surface area contributed by atoms with Crippen molar-refractivity contribution in [1.82, 2.24) is 10.2 Å². The number of nitrogens with zero attached hydrogens (tertiary/aromatic N) is 1. The maximum absolute atomic E-state index is 5.73. The highest BCUT2D eigenvalue weighted by Crippen LogP contribution is 2.46. The van der Waals surface area contributed by atoms with Crippen LogP contribution in [0.1, 0.15) is 63.2 Å². The molecule has 1 N–H and O–H groups in total. The molecule has 2 fully saturated rings. The summed E-state index contributed by atoms with van der Waals surface area (Å²) in [5, 5.41) is 3.43. The average Bonchev–Trinajstić information content (AvgIpc) is 3.12. The molecule has 3 rings (SSSR count). The molecule has 1 aliphatic carbocycles. The smallest absolute Gasteiger partial charge is 0.118 e. The number of nitrogens with one attached hydrogen (secondary N) is 1. The highest BCUT2D eigenvalue weighted by atomic mass is 16.3. The Labute approximate surface area is 129 Å². The fourth-order valence-electron chi connectivity index (χ4n) is 4.04. The predicted octanol–water partition coefficient (Wildman–Crippen LogP) is 3.94. The molecular weight excluding hydrogens is 260 g/mol. The van der Waals surface area contributed by atoms with Crippen LogP contribution in [0.4, 0.5) is 0 Å². The molecule has 3 nitrogen and oxygen atoms in total. The van der Waals surface area contributed by atoms with E-state index in [2.05, 4.69) is 23.2 Å². The maximum Gasteiger partial charge on any atom is 0.118 e. The van der Waals surface area contributed by atoms with Gasteiger partial charge in [0, 0.05) is 12.1 Å². The summed E-state index contributed by atoms with van der Waals surface area (Å²) in [6.45, 7) is 7.70. The molecule has 118 valence electrons. The number of piperidine rings is 1. The van der Waals surface area contributed by atoms with Crippen molar-refractivity contribution >= 4 is 0 Å². The summed E-state index contributed by atoms with van der Waals surface area (Å²) >= 11 is 0. The first-order valence-corrected chi connectivity index (χ1v) is 8.79. The van der Waals surface area contributed by atoms with E-state index in [-0.39, 0.29) is 0 Å². The molecule has 0 atom stereocenters. The van der Waals surface area contributed by atoms with E-state index in [0.29, 0.717) is 0 Å². The molecule has 1 aromatic heterocycles. The lowest BCUT2D eigenvalue weighted by atomic mass is 9.77. The highest BCUT2D eigenvalue weighted by Gasteiger charge is 2.36. The molecule has 1 saturated heterocycles. The van der Waals surface area contributed by atoms with Gasteiger partial charge in [-0.25, -0.2) is 0 Å². The molecular formula is C18H30N2O. The summed E-state index contributed by atoms with van der Waals surface area (Å²) in [7, 11) is 0. The second-order valence-corrected chi connectivity index (χ2v) is 7.08. The molecule has 2 heterocycles. The van der Waals surface area contributed by atoms with Crippen molar-refractivity contribution in [1.29, 1.82) is 0 Å². The van der Waals surface area contributed by atoms with E-state index >= 15 is 0 Å². The van der Waals surface area contributed by atoms with Crippen molar-refractivity contribution in [3.63, 3.8) is 0 Å². The molecule has 0 bridgehead atoms. The molecule has 21 heavy (non-hydrogen) atoms. The molecule has 0 amide bonds. The Hall–Kier alpha value is -0.800. The first kappa shape index (κ1) is 15.1. The van der Waals surface area contributed by atoms with Crippen LogP contribution in [0.5, 0.6) is 0 Å². The van der Waals surface area contributed by atoms with Gasteiger partial charge in [0.2, 0.25) is 0 Å². The van der Waals surface area contributed by atoms with Gasteiger partial charge >= 0.3 is 0 Å². The van der Waals surface area contributed by atoms with Gasteiger partial charge in [-0.05, 0) is 63.2 Å². The van der Waals surface area contributed by atoms with Crippen molar-refractivity contribution in [2.24, 2.45) is 5.41 Å². The van der Waals surface area contributed by atoms with E-state index in [1.54, 1.807) is 0 Å². The van der Waals surface area contributed by atoms with Gasteiger partial charge in [-0.15, -0.1) is 0 Å². The zero-order valence-electron chi connectivity index (χ0n) is 13.5. The minimum Gasteiger partial charge on any atom is -0.468 e. The zero-order valence-corrected chi connectivity index (χ0v) is 13.5. The number of hydrogen-bond acceptors (Lipinski definition) is 3.